The minimum absolute atomic E-state index is 0.00958. The fourth-order valence-electron chi connectivity index (χ4n) is 2.35. The molecule has 0 aliphatic rings. The number of anilines is 1. The van der Waals surface area contributed by atoms with Crippen molar-refractivity contribution in [3.05, 3.63) is 59.9 Å². The van der Waals surface area contributed by atoms with Crippen molar-refractivity contribution in [3.8, 4) is 0 Å². The Balaban J connectivity index is 2.03. The number of benzene rings is 1. The Morgan fingerprint density at radius 3 is 2.41 bits per heavy atom. The van der Waals surface area contributed by atoms with Crippen molar-refractivity contribution < 1.29 is 4.79 Å². The van der Waals surface area contributed by atoms with E-state index in [2.05, 4.69) is 23.9 Å². The van der Waals surface area contributed by atoms with E-state index >= 15 is 0 Å². The van der Waals surface area contributed by atoms with Crippen LogP contribution in [0.15, 0.2) is 48.7 Å². The highest BCUT2D eigenvalue weighted by Crippen LogP contribution is 2.15. The number of rotatable bonds is 6. The predicted octanol–water partition coefficient (Wildman–Crippen LogP) is 3.20. The van der Waals surface area contributed by atoms with Crippen molar-refractivity contribution in [3.63, 3.8) is 0 Å². The van der Waals surface area contributed by atoms with E-state index in [1.54, 1.807) is 18.1 Å². The molecule has 2 rings (SSSR count). The zero-order valence-corrected chi connectivity index (χ0v) is 13.5. The van der Waals surface area contributed by atoms with Gasteiger partial charge in [-0.15, -0.1) is 0 Å². The van der Waals surface area contributed by atoms with Crippen LogP contribution in [0.2, 0.25) is 0 Å². The van der Waals surface area contributed by atoms with E-state index in [-0.39, 0.29) is 5.91 Å². The molecule has 0 bridgehead atoms. The van der Waals surface area contributed by atoms with E-state index in [9.17, 15) is 4.79 Å². The van der Waals surface area contributed by atoms with Gasteiger partial charge in [-0.2, -0.15) is 0 Å². The van der Waals surface area contributed by atoms with Crippen LogP contribution in [0.3, 0.4) is 0 Å². The Kier molecular flexibility index (Phi) is 5.53. The van der Waals surface area contributed by atoms with Gasteiger partial charge in [0, 0.05) is 38.1 Å². The first-order valence-corrected chi connectivity index (χ1v) is 7.58. The lowest BCUT2D eigenvalue weighted by Gasteiger charge is -2.20. The van der Waals surface area contributed by atoms with Gasteiger partial charge in [0.05, 0.1) is 12.2 Å². The van der Waals surface area contributed by atoms with Crippen molar-refractivity contribution in [1.29, 1.82) is 0 Å². The maximum absolute atomic E-state index is 12.4. The molecule has 0 atom stereocenters. The topological polar surface area (TPSA) is 36.4 Å². The Hall–Kier alpha value is -2.36. The summed E-state index contributed by atoms with van der Waals surface area (Å²) >= 11 is 0. The third-order valence-corrected chi connectivity index (χ3v) is 3.59. The first-order valence-electron chi connectivity index (χ1n) is 7.58. The van der Waals surface area contributed by atoms with E-state index < -0.39 is 0 Å². The number of hydrogen-bond acceptors (Lipinski definition) is 3. The average molecular weight is 297 g/mol. The van der Waals surface area contributed by atoms with Crippen molar-refractivity contribution in [2.75, 3.05) is 25.5 Å². The molecular formula is C18H23N3O. The molecule has 0 aliphatic carbocycles. The number of carbonyl (C=O) groups excluding carboxylic acids is 1. The molecule has 0 unspecified atom stereocenters. The third-order valence-electron chi connectivity index (χ3n) is 3.59. The van der Waals surface area contributed by atoms with Crippen molar-refractivity contribution >= 4 is 11.6 Å². The molecule has 4 nitrogen and oxygen atoms in total. The fourth-order valence-corrected chi connectivity index (χ4v) is 2.35. The molecule has 0 saturated carbocycles. The van der Waals surface area contributed by atoms with E-state index in [1.807, 2.05) is 42.5 Å². The smallest absolute Gasteiger partial charge is 0.253 e. The molecule has 4 heteroatoms. The zero-order valence-electron chi connectivity index (χ0n) is 13.5. The van der Waals surface area contributed by atoms with Gasteiger partial charge in [0.15, 0.2) is 0 Å². The standard InChI is InChI=1S/C18H23N3O/c1-4-13-20(2)17-10-8-15(9-11-17)18(22)21(3)14-16-7-5-6-12-19-16/h5-12H,4,13-14H2,1-3H3. The summed E-state index contributed by atoms with van der Waals surface area (Å²) in [6.07, 6.45) is 2.84. The van der Waals surface area contributed by atoms with Crippen LogP contribution >= 0.6 is 0 Å². The molecule has 0 spiro atoms. The van der Waals surface area contributed by atoms with Crippen LogP contribution in [-0.2, 0) is 6.54 Å². The second kappa shape index (κ2) is 7.59. The summed E-state index contributed by atoms with van der Waals surface area (Å²) in [5.41, 5.74) is 2.72. The van der Waals surface area contributed by atoms with Gasteiger partial charge in [-0.1, -0.05) is 13.0 Å². The van der Waals surface area contributed by atoms with Crippen LogP contribution in [0.4, 0.5) is 5.69 Å². The Morgan fingerprint density at radius 2 is 1.82 bits per heavy atom. The minimum Gasteiger partial charge on any atom is -0.375 e. The highest BCUT2D eigenvalue weighted by atomic mass is 16.2. The molecule has 0 saturated heterocycles. The van der Waals surface area contributed by atoms with Crippen LogP contribution in [0.1, 0.15) is 29.4 Å². The van der Waals surface area contributed by atoms with Crippen LogP contribution in [-0.4, -0.2) is 36.4 Å². The largest absolute Gasteiger partial charge is 0.375 e. The number of nitrogens with zero attached hydrogens (tertiary/aromatic N) is 3. The lowest BCUT2D eigenvalue weighted by atomic mass is 10.1. The van der Waals surface area contributed by atoms with Crippen LogP contribution in [0.25, 0.3) is 0 Å². The van der Waals surface area contributed by atoms with Crippen molar-refractivity contribution in [2.45, 2.75) is 19.9 Å². The van der Waals surface area contributed by atoms with Gasteiger partial charge in [0.1, 0.15) is 0 Å². The minimum atomic E-state index is 0.00958. The molecule has 22 heavy (non-hydrogen) atoms. The van der Waals surface area contributed by atoms with Gasteiger partial charge in [0.2, 0.25) is 0 Å². The Morgan fingerprint density at radius 1 is 1.09 bits per heavy atom. The van der Waals surface area contributed by atoms with Gasteiger partial charge in [0.25, 0.3) is 5.91 Å². The summed E-state index contributed by atoms with van der Waals surface area (Å²) in [5.74, 6) is 0.00958. The molecule has 1 aromatic heterocycles. The molecule has 1 heterocycles. The fraction of sp³-hybridized carbons (Fsp3) is 0.333. The molecule has 1 aromatic carbocycles. The van der Waals surface area contributed by atoms with Crippen molar-refractivity contribution in [2.24, 2.45) is 0 Å². The van der Waals surface area contributed by atoms with Crippen LogP contribution in [0, 0.1) is 0 Å². The second-order valence-electron chi connectivity index (χ2n) is 5.45. The number of aromatic nitrogens is 1. The highest BCUT2D eigenvalue weighted by Gasteiger charge is 2.12. The van der Waals surface area contributed by atoms with E-state index in [0.29, 0.717) is 12.1 Å². The number of hydrogen-bond donors (Lipinski definition) is 0. The predicted molar refractivity (Wildman–Crippen MR) is 90.0 cm³/mol. The van der Waals surface area contributed by atoms with E-state index in [1.165, 1.54) is 0 Å². The second-order valence-corrected chi connectivity index (χ2v) is 5.45. The first kappa shape index (κ1) is 16.0. The summed E-state index contributed by atoms with van der Waals surface area (Å²) in [5, 5.41) is 0. The van der Waals surface area contributed by atoms with E-state index in [4.69, 9.17) is 0 Å². The summed E-state index contributed by atoms with van der Waals surface area (Å²) in [6.45, 7) is 3.67. The Bertz CT molecular complexity index is 595. The van der Waals surface area contributed by atoms with Crippen molar-refractivity contribution in [1.82, 2.24) is 9.88 Å². The van der Waals surface area contributed by atoms with E-state index in [0.717, 1.165) is 24.3 Å². The van der Waals surface area contributed by atoms with Gasteiger partial charge < -0.3 is 9.80 Å². The maximum Gasteiger partial charge on any atom is 0.253 e. The van der Waals surface area contributed by atoms with Gasteiger partial charge in [-0.25, -0.2) is 0 Å². The number of amides is 1. The molecular weight excluding hydrogens is 274 g/mol. The maximum atomic E-state index is 12.4. The van der Waals surface area contributed by atoms with Gasteiger partial charge in [-0.05, 0) is 42.8 Å². The zero-order chi connectivity index (χ0) is 15.9. The lowest BCUT2D eigenvalue weighted by Crippen LogP contribution is -2.26. The average Bonchev–Trinajstić information content (AvgIpc) is 2.55. The Labute approximate surface area is 132 Å². The molecule has 0 fully saturated rings. The monoisotopic (exact) mass is 297 g/mol. The molecule has 116 valence electrons. The number of carbonyl (C=O) groups is 1. The SMILES string of the molecule is CCCN(C)c1ccc(C(=O)N(C)Cc2ccccn2)cc1. The molecule has 2 aromatic rings. The lowest BCUT2D eigenvalue weighted by molar-refractivity contribution is 0.0783. The highest BCUT2D eigenvalue weighted by molar-refractivity contribution is 5.94. The first-order chi connectivity index (χ1) is 10.6. The van der Waals surface area contributed by atoms with Crippen LogP contribution in [0.5, 0.6) is 0 Å². The summed E-state index contributed by atoms with van der Waals surface area (Å²) in [4.78, 5) is 20.6. The number of pyridine rings is 1. The molecule has 0 aliphatic heterocycles. The van der Waals surface area contributed by atoms with Gasteiger partial charge >= 0.3 is 0 Å². The summed E-state index contributed by atoms with van der Waals surface area (Å²) in [7, 11) is 3.86. The molecule has 1 amide bonds. The molecule has 0 N–H and O–H groups in total. The quantitative estimate of drug-likeness (QED) is 0.821. The third kappa shape index (κ3) is 4.07. The summed E-state index contributed by atoms with van der Waals surface area (Å²) < 4.78 is 0. The summed E-state index contributed by atoms with van der Waals surface area (Å²) in [6, 6.07) is 13.5. The van der Waals surface area contributed by atoms with Gasteiger partial charge in [-0.3, -0.25) is 9.78 Å². The normalized spacial score (nSPS) is 10.3. The molecule has 0 radical (unpaired) electrons. The van der Waals surface area contributed by atoms with Crippen LogP contribution < -0.4 is 4.90 Å².